The van der Waals surface area contributed by atoms with E-state index < -0.39 is 0 Å². The molecule has 4 nitrogen and oxygen atoms in total. The Morgan fingerprint density at radius 3 is 2.67 bits per heavy atom. The van der Waals surface area contributed by atoms with Crippen LogP contribution >= 0.6 is 0 Å². The van der Waals surface area contributed by atoms with Gasteiger partial charge >= 0.3 is 0 Å². The average molecular weight is 321 g/mol. The Kier molecular flexibility index (Phi) is 4.52. The summed E-state index contributed by atoms with van der Waals surface area (Å²) in [6, 6.07) is 17.2. The first kappa shape index (κ1) is 15.7. The second-order valence-electron chi connectivity index (χ2n) is 5.09. The largest absolute Gasteiger partial charge is 0.438 e. The van der Waals surface area contributed by atoms with Crippen LogP contribution in [0.4, 0.5) is 10.2 Å². The van der Waals surface area contributed by atoms with E-state index in [2.05, 4.69) is 10.3 Å². The Morgan fingerprint density at radius 2 is 1.92 bits per heavy atom. The number of halogens is 1. The van der Waals surface area contributed by atoms with Gasteiger partial charge in [-0.05, 0) is 29.8 Å². The molecule has 2 aromatic carbocycles. The molecule has 0 fully saturated rings. The molecule has 0 saturated heterocycles. The third-order valence-electron chi connectivity index (χ3n) is 3.53. The fourth-order valence-electron chi connectivity index (χ4n) is 2.39. The number of rotatable bonds is 5. The highest BCUT2D eigenvalue weighted by Crippen LogP contribution is 2.33. The summed E-state index contributed by atoms with van der Waals surface area (Å²) in [6.07, 6.45) is 1.23. The highest BCUT2D eigenvalue weighted by atomic mass is 19.1. The summed E-state index contributed by atoms with van der Waals surface area (Å²) in [7, 11) is 1.74. The van der Waals surface area contributed by atoms with Crippen molar-refractivity contribution < 1.29 is 9.13 Å². The maximum absolute atomic E-state index is 13.5. The number of para-hydroxylation sites is 1. The lowest BCUT2D eigenvalue weighted by molar-refractivity contribution is 0.465. The van der Waals surface area contributed by atoms with Crippen molar-refractivity contribution in [3.05, 3.63) is 72.0 Å². The van der Waals surface area contributed by atoms with Gasteiger partial charge in [-0.1, -0.05) is 30.3 Å². The summed E-state index contributed by atoms with van der Waals surface area (Å²) in [5, 5.41) is 10.3. The first-order valence-electron chi connectivity index (χ1n) is 7.43. The van der Waals surface area contributed by atoms with Crippen molar-refractivity contribution in [1.29, 1.82) is 5.41 Å². The summed E-state index contributed by atoms with van der Waals surface area (Å²) >= 11 is 0. The van der Waals surface area contributed by atoms with Crippen molar-refractivity contribution in [2.24, 2.45) is 0 Å². The zero-order valence-electron chi connectivity index (χ0n) is 13.1. The monoisotopic (exact) mass is 321 g/mol. The summed E-state index contributed by atoms with van der Waals surface area (Å²) in [5.74, 6) is 1.24. The van der Waals surface area contributed by atoms with Crippen LogP contribution in [-0.2, 0) is 0 Å². The Morgan fingerprint density at radius 1 is 1.08 bits per heavy atom. The smallest absolute Gasteiger partial charge is 0.221 e. The van der Waals surface area contributed by atoms with E-state index in [1.807, 2.05) is 30.3 Å². The maximum atomic E-state index is 13.5. The van der Waals surface area contributed by atoms with E-state index in [9.17, 15) is 4.39 Å². The van der Waals surface area contributed by atoms with Gasteiger partial charge in [-0.25, -0.2) is 4.39 Å². The highest BCUT2D eigenvalue weighted by Gasteiger charge is 2.10. The molecule has 120 valence electrons. The van der Waals surface area contributed by atoms with E-state index in [0.29, 0.717) is 23.0 Å². The molecule has 0 spiro atoms. The normalized spacial score (nSPS) is 10.2. The van der Waals surface area contributed by atoms with Crippen molar-refractivity contribution in [2.45, 2.75) is 0 Å². The number of nitrogens with zero attached hydrogens (tertiary/aromatic N) is 1. The minimum absolute atomic E-state index is 0.298. The van der Waals surface area contributed by atoms with Crippen LogP contribution in [0.5, 0.6) is 11.6 Å². The number of nitrogens with one attached hydrogen (secondary N) is 2. The van der Waals surface area contributed by atoms with Gasteiger partial charge in [0.1, 0.15) is 17.4 Å². The molecule has 5 heteroatoms. The van der Waals surface area contributed by atoms with Crippen molar-refractivity contribution in [2.75, 3.05) is 12.4 Å². The van der Waals surface area contributed by atoms with Crippen LogP contribution in [0.15, 0.2) is 60.7 Å². The SMILES string of the molecule is CNc1nc(Oc2ccccc2-c2cccc(F)c2)ccc1C=N. The lowest BCUT2D eigenvalue weighted by atomic mass is 10.0. The molecule has 2 N–H and O–H groups in total. The van der Waals surface area contributed by atoms with E-state index in [0.717, 1.165) is 11.1 Å². The maximum Gasteiger partial charge on any atom is 0.221 e. The van der Waals surface area contributed by atoms with Crippen LogP contribution in [0.25, 0.3) is 11.1 Å². The van der Waals surface area contributed by atoms with Crippen LogP contribution in [0.2, 0.25) is 0 Å². The third-order valence-corrected chi connectivity index (χ3v) is 3.53. The van der Waals surface area contributed by atoms with Crippen molar-refractivity contribution in [1.82, 2.24) is 4.98 Å². The molecule has 0 atom stereocenters. The molecule has 24 heavy (non-hydrogen) atoms. The molecule has 0 aliphatic carbocycles. The zero-order chi connectivity index (χ0) is 16.9. The minimum atomic E-state index is -0.298. The molecule has 0 amide bonds. The summed E-state index contributed by atoms with van der Waals surface area (Å²) in [4.78, 5) is 4.35. The summed E-state index contributed by atoms with van der Waals surface area (Å²) in [6.45, 7) is 0. The van der Waals surface area contributed by atoms with Gasteiger partial charge in [0.15, 0.2) is 0 Å². The first-order chi connectivity index (χ1) is 11.7. The van der Waals surface area contributed by atoms with Gasteiger partial charge in [-0.2, -0.15) is 4.98 Å². The topological polar surface area (TPSA) is 58.0 Å². The Bertz CT molecular complexity index is 880. The van der Waals surface area contributed by atoms with Crippen LogP contribution < -0.4 is 10.1 Å². The van der Waals surface area contributed by atoms with Gasteiger partial charge in [-0.15, -0.1) is 0 Å². The number of hydrogen-bond acceptors (Lipinski definition) is 4. The summed E-state index contributed by atoms with van der Waals surface area (Å²) < 4.78 is 19.4. The zero-order valence-corrected chi connectivity index (χ0v) is 13.1. The third kappa shape index (κ3) is 3.25. The number of ether oxygens (including phenoxy) is 1. The standard InChI is InChI=1S/C19H16FN3O/c1-22-19-14(12-21)9-10-18(23-19)24-17-8-3-2-7-16(17)13-5-4-6-15(20)11-13/h2-12,21H,1H3,(H,22,23). The number of aromatic nitrogens is 1. The highest BCUT2D eigenvalue weighted by molar-refractivity contribution is 5.84. The molecule has 0 radical (unpaired) electrons. The van der Waals surface area contributed by atoms with Gasteiger partial charge in [0, 0.05) is 30.5 Å². The molecule has 0 saturated carbocycles. The Labute approximate surface area is 139 Å². The lowest BCUT2D eigenvalue weighted by Crippen LogP contribution is -1.99. The molecular formula is C19H16FN3O. The predicted molar refractivity (Wildman–Crippen MR) is 93.6 cm³/mol. The minimum Gasteiger partial charge on any atom is -0.438 e. The molecule has 3 rings (SSSR count). The van der Waals surface area contributed by atoms with Gasteiger partial charge in [0.05, 0.1) is 0 Å². The van der Waals surface area contributed by atoms with Crippen molar-refractivity contribution in [3.8, 4) is 22.8 Å². The average Bonchev–Trinajstić information content (AvgIpc) is 2.62. The molecule has 0 unspecified atom stereocenters. The second-order valence-corrected chi connectivity index (χ2v) is 5.09. The number of anilines is 1. The molecular weight excluding hydrogens is 305 g/mol. The molecule has 0 aliphatic heterocycles. The van der Waals surface area contributed by atoms with E-state index in [-0.39, 0.29) is 5.82 Å². The number of hydrogen-bond donors (Lipinski definition) is 2. The van der Waals surface area contributed by atoms with E-state index >= 15 is 0 Å². The number of pyridine rings is 1. The van der Waals surface area contributed by atoms with Crippen LogP contribution in [0.1, 0.15) is 5.56 Å². The van der Waals surface area contributed by atoms with Crippen molar-refractivity contribution >= 4 is 12.0 Å². The fourth-order valence-corrected chi connectivity index (χ4v) is 2.39. The molecule has 0 aliphatic rings. The fraction of sp³-hybridized carbons (Fsp3) is 0.0526. The first-order valence-corrected chi connectivity index (χ1v) is 7.43. The molecule has 1 aromatic heterocycles. The molecule has 0 bridgehead atoms. The second kappa shape index (κ2) is 6.91. The van der Waals surface area contributed by atoms with Gasteiger partial charge in [0.2, 0.25) is 5.88 Å². The van der Waals surface area contributed by atoms with Crippen molar-refractivity contribution in [3.63, 3.8) is 0 Å². The lowest BCUT2D eigenvalue weighted by Gasteiger charge is -2.12. The Balaban J connectivity index is 1.98. The van der Waals surface area contributed by atoms with E-state index in [1.54, 1.807) is 25.2 Å². The van der Waals surface area contributed by atoms with Crippen LogP contribution in [0.3, 0.4) is 0 Å². The quantitative estimate of drug-likeness (QED) is 0.669. The van der Waals surface area contributed by atoms with Crippen LogP contribution in [0, 0.1) is 11.2 Å². The van der Waals surface area contributed by atoms with Crippen LogP contribution in [-0.4, -0.2) is 18.2 Å². The number of benzene rings is 2. The van der Waals surface area contributed by atoms with Gasteiger partial charge < -0.3 is 15.5 Å². The van der Waals surface area contributed by atoms with E-state index in [4.69, 9.17) is 10.1 Å². The molecule has 3 aromatic rings. The van der Waals surface area contributed by atoms with E-state index in [1.165, 1.54) is 18.3 Å². The van der Waals surface area contributed by atoms with Gasteiger partial charge in [-0.3, -0.25) is 0 Å². The Hall–Kier alpha value is -3.21. The predicted octanol–water partition coefficient (Wildman–Crippen LogP) is 4.72. The molecule has 1 heterocycles. The summed E-state index contributed by atoms with van der Waals surface area (Å²) in [5.41, 5.74) is 2.18. The van der Waals surface area contributed by atoms with Gasteiger partial charge in [0.25, 0.3) is 0 Å².